The first-order valence-electron chi connectivity index (χ1n) is 9.36. The standard InChI is InChI=1S/C23H26Si/c1-3-7-18(8-4-1)15-23(16-19-9-5-2-6-10-19)24-17-22-14-20-11-12-21(22)13-20/h1-12,20-23H,13-17H2. The molecule has 0 spiro atoms. The van der Waals surface area contributed by atoms with Gasteiger partial charge < -0.3 is 0 Å². The number of benzene rings is 2. The predicted octanol–water partition coefficient (Wildman–Crippen LogP) is 5.60. The van der Waals surface area contributed by atoms with E-state index >= 15 is 0 Å². The second-order valence-corrected chi connectivity index (χ2v) is 9.16. The minimum Gasteiger partial charge on any atom is -0.0851 e. The van der Waals surface area contributed by atoms with Gasteiger partial charge in [-0.2, -0.15) is 0 Å². The van der Waals surface area contributed by atoms with Crippen molar-refractivity contribution < 1.29 is 0 Å². The van der Waals surface area contributed by atoms with Gasteiger partial charge in [0, 0.05) is 9.52 Å². The lowest BCUT2D eigenvalue weighted by Gasteiger charge is -2.22. The number of fused-ring (bicyclic) bond motifs is 2. The predicted molar refractivity (Wildman–Crippen MR) is 103 cm³/mol. The largest absolute Gasteiger partial charge is 0.0851 e. The summed E-state index contributed by atoms with van der Waals surface area (Å²) in [5.74, 6) is 2.77. The molecule has 3 unspecified atom stereocenters. The molecule has 2 aliphatic rings. The van der Waals surface area contributed by atoms with Crippen LogP contribution in [0.1, 0.15) is 24.0 Å². The van der Waals surface area contributed by atoms with Crippen molar-refractivity contribution in [3.8, 4) is 0 Å². The molecule has 0 saturated heterocycles. The molecule has 0 aliphatic heterocycles. The van der Waals surface area contributed by atoms with Crippen LogP contribution in [0.4, 0.5) is 0 Å². The summed E-state index contributed by atoms with van der Waals surface area (Å²) in [6.45, 7) is 0. The zero-order chi connectivity index (χ0) is 16.2. The summed E-state index contributed by atoms with van der Waals surface area (Å²) in [6, 6.07) is 23.6. The molecule has 0 heterocycles. The average Bonchev–Trinajstić information content (AvgIpc) is 3.24. The van der Waals surface area contributed by atoms with Crippen LogP contribution in [0.5, 0.6) is 0 Å². The maximum absolute atomic E-state index is 2.51. The van der Waals surface area contributed by atoms with Gasteiger partial charge in [-0.05, 0) is 60.1 Å². The Labute approximate surface area is 148 Å². The van der Waals surface area contributed by atoms with Crippen LogP contribution in [0.15, 0.2) is 72.8 Å². The number of hydrogen-bond donors (Lipinski definition) is 0. The van der Waals surface area contributed by atoms with E-state index in [4.69, 9.17) is 0 Å². The fraction of sp³-hybridized carbons (Fsp3) is 0.391. The molecule has 0 aromatic heterocycles. The van der Waals surface area contributed by atoms with Crippen molar-refractivity contribution in [3.05, 3.63) is 83.9 Å². The Balaban J connectivity index is 1.40. The average molecular weight is 331 g/mol. The Kier molecular flexibility index (Phi) is 4.98. The van der Waals surface area contributed by atoms with Crippen LogP contribution in [0.25, 0.3) is 0 Å². The van der Waals surface area contributed by atoms with Crippen molar-refractivity contribution in [2.75, 3.05) is 0 Å². The normalized spacial score (nSPS) is 24.8. The van der Waals surface area contributed by atoms with Crippen molar-refractivity contribution in [3.63, 3.8) is 0 Å². The Morgan fingerprint density at radius 2 is 1.42 bits per heavy atom. The fourth-order valence-corrected chi connectivity index (χ4v) is 6.33. The van der Waals surface area contributed by atoms with E-state index in [1.54, 1.807) is 0 Å². The van der Waals surface area contributed by atoms with Gasteiger partial charge in [-0.15, -0.1) is 0 Å². The van der Waals surface area contributed by atoms with Gasteiger partial charge in [0.25, 0.3) is 0 Å². The Morgan fingerprint density at radius 1 is 0.792 bits per heavy atom. The molecule has 3 atom stereocenters. The second kappa shape index (κ2) is 7.52. The van der Waals surface area contributed by atoms with Crippen LogP contribution in [0, 0.1) is 17.8 Å². The van der Waals surface area contributed by atoms with Crippen molar-refractivity contribution >= 4 is 9.52 Å². The van der Waals surface area contributed by atoms with Crippen LogP contribution in [-0.2, 0) is 12.8 Å². The molecular weight excluding hydrogens is 304 g/mol. The van der Waals surface area contributed by atoms with Crippen LogP contribution < -0.4 is 0 Å². The summed E-state index contributed by atoms with van der Waals surface area (Å²) in [5, 5.41) is 0. The number of rotatable bonds is 7. The highest BCUT2D eigenvalue weighted by Crippen LogP contribution is 2.45. The maximum Gasteiger partial charge on any atom is 0.0424 e. The molecule has 2 aromatic rings. The Hall–Kier alpha value is -1.60. The van der Waals surface area contributed by atoms with Crippen LogP contribution in [-0.4, -0.2) is 9.52 Å². The van der Waals surface area contributed by atoms with Gasteiger partial charge in [0.15, 0.2) is 0 Å². The van der Waals surface area contributed by atoms with Gasteiger partial charge in [-0.25, -0.2) is 0 Å². The van der Waals surface area contributed by atoms with Gasteiger partial charge in [0.05, 0.1) is 0 Å². The molecule has 0 amide bonds. The van der Waals surface area contributed by atoms with Gasteiger partial charge in [-0.1, -0.05) is 78.9 Å². The third-order valence-electron chi connectivity index (χ3n) is 5.73. The molecule has 2 radical (unpaired) electrons. The molecule has 2 aromatic carbocycles. The van der Waals surface area contributed by atoms with Crippen LogP contribution in [0.2, 0.25) is 11.6 Å². The molecule has 1 saturated carbocycles. The lowest BCUT2D eigenvalue weighted by Crippen LogP contribution is -2.16. The molecule has 1 fully saturated rings. The summed E-state index contributed by atoms with van der Waals surface area (Å²) in [4.78, 5) is 0. The molecule has 24 heavy (non-hydrogen) atoms. The quantitative estimate of drug-likeness (QED) is 0.458. The number of allylic oxidation sites excluding steroid dienone is 2. The molecule has 4 rings (SSSR count). The first-order valence-corrected chi connectivity index (χ1v) is 10.6. The van der Waals surface area contributed by atoms with E-state index < -0.39 is 0 Å². The Morgan fingerprint density at radius 3 is 1.92 bits per heavy atom. The first kappa shape index (κ1) is 15.9. The van der Waals surface area contributed by atoms with Gasteiger partial charge in [0.1, 0.15) is 0 Å². The number of hydrogen-bond acceptors (Lipinski definition) is 0. The summed E-state index contributed by atoms with van der Waals surface area (Å²) >= 11 is 0. The molecule has 0 nitrogen and oxygen atoms in total. The molecule has 0 N–H and O–H groups in total. The summed E-state index contributed by atoms with van der Waals surface area (Å²) in [5.41, 5.74) is 3.79. The third-order valence-corrected chi connectivity index (χ3v) is 7.48. The highest BCUT2D eigenvalue weighted by molar-refractivity contribution is 6.37. The summed E-state index contributed by atoms with van der Waals surface area (Å²) in [6.07, 6.45) is 10.3. The zero-order valence-electron chi connectivity index (χ0n) is 14.3. The van der Waals surface area contributed by atoms with Crippen molar-refractivity contribution in [2.45, 2.75) is 37.3 Å². The minimum atomic E-state index is 0.790. The van der Waals surface area contributed by atoms with Gasteiger partial charge in [0.2, 0.25) is 0 Å². The van der Waals surface area contributed by atoms with Crippen molar-refractivity contribution in [1.82, 2.24) is 0 Å². The molecule has 2 bridgehead atoms. The van der Waals surface area contributed by atoms with E-state index in [0.717, 1.165) is 32.8 Å². The SMILES string of the molecule is C1=CC2CC1CC2C[Si]C(Cc1ccccc1)Cc1ccccc1. The fourth-order valence-electron chi connectivity index (χ4n) is 4.46. The monoisotopic (exact) mass is 330 g/mol. The first-order chi connectivity index (χ1) is 11.9. The molecule has 2 aliphatic carbocycles. The van der Waals surface area contributed by atoms with Crippen molar-refractivity contribution in [2.24, 2.45) is 17.8 Å². The van der Waals surface area contributed by atoms with E-state index in [0.29, 0.717) is 0 Å². The highest BCUT2D eigenvalue weighted by atomic mass is 28.2. The van der Waals surface area contributed by atoms with Crippen LogP contribution in [0.3, 0.4) is 0 Å². The molecular formula is C23H26Si. The second-order valence-electron chi connectivity index (χ2n) is 7.52. The maximum atomic E-state index is 2.51. The zero-order valence-corrected chi connectivity index (χ0v) is 15.3. The molecule has 1 heteroatoms. The third kappa shape index (κ3) is 3.89. The van der Waals surface area contributed by atoms with E-state index in [-0.39, 0.29) is 0 Å². The minimum absolute atomic E-state index is 0.790. The van der Waals surface area contributed by atoms with Gasteiger partial charge >= 0.3 is 0 Å². The highest BCUT2D eigenvalue weighted by Gasteiger charge is 2.35. The smallest absolute Gasteiger partial charge is 0.0424 e. The Bertz CT molecular complexity index is 619. The topological polar surface area (TPSA) is 0 Å². The van der Waals surface area contributed by atoms with Gasteiger partial charge in [-0.3, -0.25) is 0 Å². The lowest BCUT2D eigenvalue weighted by atomic mass is 9.96. The lowest BCUT2D eigenvalue weighted by molar-refractivity contribution is 0.489. The van der Waals surface area contributed by atoms with Crippen molar-refractivity contribution in [1.29, 1.82) is 0 Å². The molecule has 122 valence electrons. The van der Waals surface area contributed by atoms with E-state index in [1.165, 1.54) is 42.9 Å². The van der Waals surface area contributed by atoms with E-state index in [2.05, 4.69) is 72.8 Å². The summed E-state index contributed by atoms with van der Waals surface area (Å²) in [7, 11) is 1.08. The van der Waals surface area contributed by atoms with E-state index in [1.807, 2.05) is 0 Å². The summed E-state index contributed by atoms with van der Waals surface area (Å²) < 4.78 is 0. The van der Waals surface area contributed by atoms with Crippen LogP contribution >= 0.6 is 0 Å². The van der Waals surface area contributed by atoms with E-state index in [9.17, 15) is 0 Å².